The molecule has 0 aromatic heterocycles. The van der Waals surface area contributed by atoms with E-state index in [2.05, 4.69) is 39.2 Å². The third kappa shape index (κ3) is 3.72. The summed E-state index contributed by atoms with van der Waals surface area (Å²) in [7, 11) is 0. The topological polar surface area (TPSA) is 65.1 Å². The predicted molar refractivity (Wildman–Crippen MR) is 71.6 cm³/mol. The first-order chi connectivity index (χ1) is 8.78. The molecular weight excluding hydrogens is 228 g/mol. The summed E-state index contributed by atoms with van der Waals surface area (Å²) in [5.74, 6) is 0.284. The van der Waals surface area contributed by atoms with E-state index >= 15 is 0 Å². The Morgan fingerprint density at radius 3 is 2.33 bits per heavy atom. The van der Waals surface area contributed by atoms with Gasteiger partial charge in [0.05, 0.1) is 6.54 Å². The monoisotopic (exact) mass is 248 g/mol. The first-order valence-corrected chi connectivity index (χ1v) is 6.23. The predicted octanol–water partition coefficient (Wildman–Crippen LogP) is 0.551. The van der Waals surface area contributed by atoms with E-state index in [9.17, 15) is 0 Å². The number of nitrogens with two attached hydrogens (primary N) is 1. The minimum Gasteiger partial charge on any atom is -0.409 e. The van der Waals surface area contributed by atoms with Crippen molar-refractivity contribution < 1.29 is 5.21 Å². The van der Waals surface area contributed by atoms with Crippen molar-refractivity contribution in [1.29, 1.82) is 0 Å². The average Bonchev–Trinajstić information content (AvgIpc) is 2.42. The summed E-state index contributed by atoms with van der Waals surface area (Å²) in [6.45, 7) is 5.52. The van der Waals surface area contributed by atoms with Crippen LogP contribution in [0.15, 0.2) is 35.5 Å². The smallest absolute Gasteiger partial charge is 0.153 e. The Kier molecular flexibility index (Phi) is 4.55. The van der Waals surface area contributed by atoms with Gasteiger partial charge in [0.15, 0.2) is 5.84 Å². The lowest BCUT2D eigenvalue weighted by molar-refractivity contribution is 0.139. The van der Waals surface area contributed by atoms with Crippen LogP contribution in [0.25, 0.3) is 0 Å². The Morgan fingerprint density at radius 2 is 1.72 bits per heavy atom. The van der Waals surface area contributed by atoms with Crippen LogP contribution in [-0.4, -0.2) is 53.6 Å². The Bertz CT molecular complexity index is 385. The molecule has 1 aliphatic rings. The molecule has 1 fully saturated rings. The molecule has 1 aliphatic heterocycles. The molecule has 5 heteroatoms. The van der Waals surface area contributed by atoms with E-state index in [-0.39, 0.29) is 5.84 Å². The Morgan fingerprint density at radius 1 is 1.11 bits per heavy atom. The minimum atomic E-state index is 0.284. The quantitative estimate of drug-likeness (QED) is 0.353. The van der Waals surface area contributed by atoms with Gasteiger partial charge in [-0.05, 0) is 5.56 Å². The molecular formula is C13H20N4O. The van der Waals surface area contributed by atoms with Crippen LogP contribution in [0.4, 0.5) is 0 Å². The zero-order valence-electron chi connectivity index (χ0n) is 10.5. The first kappa shape index (κ1) is 12.9. The minimum absolute atomic E-state index is 0.284. The van der Waals surface area contributed by atoms with Crippen LogP contribution >= 0.6 is 0 Å². The van der Waals surface area contributed by atoms with E-state index in [1.807, 2.05) is 6.07 Å². The van der Waals surface area contributed by atoms with Crippen LogP contribution in [-0.2, 0) is 6.54 Å². The number of nitrogens with zero attached hydrogens (tertiary/aromatic N) is 3. The van der Waals surface area contributed by atoms with Crippen LogP contribution in [0.3, 0.4) is 0 Å². The summed E-state index contributed by atoms with van der Waals surface area (Å²) in [5.41, 5.74) is 6.86. The lowest BCUT2D eigenvalue weighted by Crippen LogP contribution is -2.48. The number of hydrogen-bond donors (Lipinski definition) is 2. The van der Waals surface area contributed by atoms with Crippen molar-refractivity contribution in [3.05, 3.63) is 35.9 Å². The second kappa shape index (κ2) is 6.37. The van der Waals surface area contributed by atoms with E-state index in [4.69, 9.17) is 10.9 Å². The summed E-state index contributed by atoms with van der Waals surface area (Å²) in [6, 6.07) is 10.5. The van der Waals surface area contributed by atoms with Gasteiger partial charge >= 0.3 is 0 Å². The molecule has 1 heterocycles. The molecule has 5 nitrogen and oxygen atoms in total. The van der Waals surface area contributed by atoms with E-state index in [1.165, 1.54) is 5.56 Å². The lowest BCUT2D eigenvalue weighted by Gasteiger charge is -2.34. The Balaban J connectivity index is 1.77. The number of oxime groups is 1. The molecule has 0 unspecified atom stereocenters. The number of amidine groups is 1. The van der Waals surface area contributed by atoms with Crippen LogP contribution < -0.4 is 5.73 Å². The van der Waals surface area contributed by atoms with Gasteiger partial charge in [0.2, 0.25) is 0 Å². The normalized spacial score (nSPS) is 19.0. The second-order valence-corrected chi connectivity index (χ2v) is 4.63. The number of hydrogen-bond acceptors (Lipinski definition) is 4. The van der Waals surface area contributed by atoms with Gasteiger partial charge in [-0.15, -0.1) is 0 Å². The fourth-order valence-corrected chi connectivity index (χ4v) is 2.21. The van der Waals surface area contributed by atoms with Gasteiger partial charge in [-0.3, -0.25) is 9.80 Å². The van der Waals surface area contributed by atoms with Crippen molar-refractivity contribution in [2.75, 3.05) is 32.7 Å². The second-order valence-electron chi connectivity index (χ2n) is 4.63. The van der Waals surface area contributed by atoms with Gasteiger partial charge in [-0.25, -0.2) is 0 Å². The highest BCUT2D eigenvalue weighted by Crippen LogP contribution is 2.07. The average molecular weight is 248 g/mol. The largest absolute Gasteiger partial charge is 0.409 e. The highest BCUT2D eigenvalue weighted by Gasteiger charge is 2.17. The van der Waals surface area contributed by atoms with Crippen LogP contribution in [0.1, 0.15) is 5.56 Å². The van der Waals surface area contributed by atoms with Crippen LogP contribution in [0.5, 0.6) is 0 Å². The van der Waals surface area contributed by atoms with Crippen molar-refractivity contribution in [1.82, 2.24) is 9.80 Å². The number of rotatable bonds is 4. The molecule has 18 heavy (non-hydrogen) atoms. The van der Waals surface area contributed by atoms with Crippen LogP contribution in [0.2, 0.25) is 0 Å². The van der Waals surface area contributed by atoms with Crippen molar-refractivity contribution in [3.8, 4) is 0 Å². The maximum Gasteiger partial charge on any atom is 0.153 e. The SMILES string of the molecule is N/C(CN1CCN(Cc2ccccc2)CC1)=N\O. The maximum atomic E-state index is 8.54. The molecule has 0 bridgehead atoms. The fraction of sp³-hybridized carbons (Fsp3) is 0.462. The molecule has 0 radical (unpaired) electrons. The van der Waals surface area contributed by atoms with E-state index in [0.717, 1.165) is 32.7 Å². The molecule has 0 amide bonds. The summed E-state index contributed by atoms with van der Waals surface area (Å²) < 4.78 is 0. The Labute approximate surface area is 107 Å². The molecule has 2 rings (SSSR count). The zero-order valence-corrected chi connectivity index (χ0v) is 10.5. The molecule has 1 aromatic carbocycles. The number of piperazine rings is 1. The summed E-state index contributed by atoms with van der Waals surface area (Å²) in [6.07, 6.45) is 0. The molecule has 1 aromatic rings. The maximum absolute atomic E-state index is 8.54. The van der Waals surface area contributed by atoms with Gasteiger partial charge in [0, 0.05) is 32.7 Å². The third-order valence-electron chi connectivity index (χ3n) is 3.23. The van der Waals surface area contributed by atoms with Crippen molar-refractivity contribution in [2.24, 2.45) is 10.9 Å². The lowest BCUT2D eigenvalue weighted by atomic mass is 10.2. The molecule has 3 N–H and O–H groups in total. The van der Waals surface area contributed by atoms with Gasteiger partial charge in [0.1, 0.15) is 0 Å². The van der Waals surface area contributed by atoms with E-state index in [0.29, 0.717) is 6.54 Å². The summed E-state index contributed by atoms with van der Waals surface area (Å²) >= 11 is 0. The van der Waals surface area contributed by atoms with Gasteiger partial charge in [-0.2, -0.15) is 0 Å². The van der Waals surface area contributed by atoms with Gasteiger partial charge in [0.25, 0.3) is 0 Å². The van der Waals surface area contributed by atoms with Crippen molar-refractivity contribution in [2.45, 2.75) is 6.54 Å². The van der Waals surface area contributed by atoms with E-state index < -0.39 is 0 Å². The molecule has 0 atom stereocenters. The van der Waals surface area contributed by atoms with Crippen molar-refractivity contribution in [3.63, 3.8) is 0 Å². The highest BCUT2D eigenvalue weighted by atomic mass is 16.4. The fourth-order valence-electron chi connectivity index (χ4n) is 2.21. The molecule has 0 saturated carbocycles. The highest BCUT2D eigenvalue weighted by molar-refractivity contribution is 5.81. The third-order valence-corrected chi connectivity index (χ3v) is 3.23. The summed E-state index contributed by atoms with van der Waals surface area (Å²) in [4.78, 5) is 4.63. The first-order valence-electron chi connectivity index (χ1n) is 6.23. The standard InChI is InChI=1S/C13H20N4O/c14-13(15-18)11-17-8-6-16(7-9-17)10-12-4-2-1-3-5-12/h1-5,18H,6-11H2,(H2,14,15). The molecule has 98 valence electrons. The van der Waals surface area contributed by atoms with Crippen molar-refractivity contribution >= 4 is 5.84 Å². The Hall–Kier alpha value is -1.59. The number of benzene rings is 1. The summed E-state index contributed by atoms with van der Waals surface area (Å²) in [5, 5.41) is 11.5. The molecule has 0 spiro atoms. The van der Waals surface area contributed by atoms with E-state index in [1.54, 1.807) is 0 Å². The zero-order chi connectivity index (χ0) is 12.8. The van der Waals surface area contributed by atoms with Gasteiger partial charge in [-0.1, -0.05) is 35.5 Å². The van der Waals surface area contributed by atoms with Gasteiger partial charge < -0.3 is 10.9 Å². The van der Waals surface area contributed by atoms with Crippen LogP contribution in [0, 0.1) is 0 Å². The molecule has 0 aliphatic carbocycles. The molecule has 1 saturated heterocycles.